The molecular formula is C14H29N3O2. The topological polar surface area (TPSA) is 66.6 Å². The van der Waals surface area contributed by atoms with Crippen LogP contribution in [-0.4, -0.2) is 54.8 Å². The van der Waals surface area contributed by atoms with Gasteiger partial charge in [-0.2, -0.15) is 0 Å². The van der Waals surface area contributed by atoms with Crippen molar-refractivity contribution in [2.75, 3.05) is 27.2 Å². The first-order chi connectivity index (χ1) is 8.90. The van der Waals surface area contributed by atoms with Crippen LogP contribution in [0.25, 0.3) is 0 Å². The quantitative estimate of drug-likeness (QED) is 0.641. The van der Waals surface area contributed by atoms with E-state index in [2.05, 4.69) is 0 Å². The van der Waals surface area contributed by atoms with Crippen molar-refractivity contribution >= 4 is 11.8 Å². The number of hydrogen-bond donors (Lipinski definition) is 1. The number of amides is 2. The maximum Gasteiger partial charge on any atom is 0.224 e. The van der Waals surface area contributed by atoms with Crippen LogP contribution in [0.1, 0.15) is 46.0 Å². The molecule has 0 aromatic carbocycles. The Morgan fingerprint density at radius 3 is 2.16 bits per heavy atom. The number of carbonyl (C=O) groups is 2. The predicted molar refractivity (Wildman–Crippen MR) is 77.7 cm³/mol. The molecular weight excluding hydrogens is 242 g/mol. The van der Waals surface area contributed by atoms with E-state index in [1.54, 1.807) is 23.9 Å². The van der Waals surface area contributed by atoms with Crippen molar-refractivity contribution in [3.63, 3.8) is 0 Å². The molecule has 0 bridgehead atoms. The normalized spacial score (nSPS) is 10.6. The van der Waals surface area contributed by atoms with Crippen LogP contribution in [0.5, 0.6) is 0 Å². The van der Waals surface area contributed by atoms with Crippen molar-refractivity contribution in [1.29, 1.82) is 0 Å². The maximum absolute atomic E-state index is 11.8. The highest BCUT2D eigenvalue weighted by atomic mass is 16.2. The van der Waals surface area contributed by atoms with E-state index in [1.807, 2.05) is 13.8 Å². The third-order valence-corrected chi connectivity index (χ3v) is 3.35. The molecule has 0 aliphatic heterocycles. The van der Waals surface area contributed by atoms with Gasteiger partial charge in [-0.25, -0.2) is 0 Å². The molecule has 0 saturated carbocycles. The molecule has 0 fully saturated rings. The minimum atomic E-state index is 0.0813. The first-order valence-electron chi connectivity index (χ1n) is 7.09. The van der Waals surface area contributed by atoms with Gasteiger partial charge in [0.15, 0.2) is 0 Å². The van der Waals surface area contributed by atoms with E-state index in [1.165, 1.54) is 0 Å². The van der Waals surface area contributed by atoms with Gasteiger partial charge in [0.25, 0.3) is 0 Å². The van der Waals surface area contributed by atoms with Gasteiger partial charge in [-0.15, -0.1) is 0 Å². The summed E-state index contributed by atoms with van der Waals surface area (Å²) in [5, 5.41) is 0. The number of nitrogens with two attached hydrogens (primary N) is 1. The van der Waals surface area contributed by atoms with Crippen molar-refractivity contribution in [1.82, 2.24) is 9.80 Å². The van der Waals surface area contributed by atoms with E-state index in [-0.39, 0.29) is 17.9 Å². The number of nitrogens with zero attached hydrogens (tertiary/aromatic N) is 2. The molecule has 2 amide bonds. The SMILES string of the molecule is CC(C)N(C)C(=O)CCN(C)C(=O)CCCCCN. The molecule has 0 aliphatic rings. The smallest absolute Gasteiger partial charge is 0.224 e. The lowest BCUT2D eigenvalue weighted by atomic mass is 10.2. The summed E-state index contributed by atoms with van der Waals surface area (Å²) >= 11 is 0. The summed E-state index contributed by atoms with van der Waals surface area (Å²) in [4.78, 5) is 26.9. The van der Waals surface area contributed by atoms with E-state index < -0.39 is 0 Å². The first-order valence-corrected chi connectivity index (χ1v) is 7.09. The van der Waals surface area contributed by atoms with Gasteiger partial charge in [-0.1, -0.05) is 6.42 Å². The van der Waals surface area contributed by atoms with Gasteiger partial charge >= 0.3 is 0 Å². The maximum atomic E-state index is 11.8. The fraction of sp³-hybridized carbons (Fsp3) is 0.857. The Balaban J connectivity index is 3.87. The minimum absolute atomic E-state index is 0.0813. The monoisotopic (exact) mass is 271 g/mol. The van der Waals surface area contributed by atoms with Crippen LogP contribution in [0.3, 0.4) is 0 Å². The van der Waals surface area contributed by atoms with E-state index in [0.29, 0.717) is 25.9 Å². The molecule has 0 saturated heterocycles. The second-order valence-electron chi connectivity index (χ2n) is 5.26. The van der Waals surface area contributed by atoms with E-state index >= 15 is 0 Å². The fourth-order valence-electron chi connectivity index (χ4n) is 1.64. The summed E-state index contributed by atoms with van der Waals surface area (Å²) in [6.45, 7) is 5.13. The van der Waals surface area contributed by atoms with Crippen molar-refractivity contribution in [3.8, 4) is 0 Å². The minimum Gasteiger partial charge on any atom is -0.345 e. The van der Waals surface area contributed by atoms with Gasteiger partial charge < -0.3 is 15.5 Å². The third kappa shape index (κ3) is 7.82. The summed E-state index contributed by atoms with van der Waals surface area (Å²) in [5.74, 6) is 0.190. The van der Waals surface area contributed by atoms with Crippen LogP contribution in [0.15, 0.2) is 0 Å². The molecule has 0 spiro atoms. The Morgan fingerprint density at radius 1 is 1.00 bits per heavy atom. The lowest BCUT2D eigenvalue weighted by Crippen LogP contribution is -2.36. The Kier molecular flexibility index (Phi) is 9.21. The van der Waals surface area contributed by atoms with Crippen molar-refractivity contribution < 1.29 is 9.59 Å². The highest BCUT2D eigenvalue weighted by Crippen LogP contribution is 2.04. The van der Waals surface area contributed by atoms with Gasteiger partial charge in [0.1, 0.15) is 0 Å². The van der Waals surface area contributed by atoms with Crippen LogP contribution in [0.4, 0.5) is 0 Å². The number of carbonyl (C=O) groups excluding carboxylic acids is 2. The van der Waals surface area contributed by atoms with Crippen LogP contribution in [0, 0.1) is 0 Å². The number of unbranched alkanes of at least 4 members (excludes halogenated alkanes) is 2. The summed E-state index contributed by atoms with van der Waals surface area (Å²) in [7, 11) is 3.55. The molecule has 0 atom stereocenters. The Hall–Kier alpha value is -1.10. The average molecular weight is 271 g/mol. The van der Waals surface area contributed by atoms with Gasteiger partial charge in [-0.05, 0) is 33.2 Å². The Morgan fingerprint density at radius 2 is 1.63 bits per heavy atom. The zero-order valence-electron chi connectivity index (χ0n) is 12.8. The van der Waals surface area contributed by atoms with Crippen molar-refractivity contribution in [2.45, 2.75) is 52.0 Å². The molecule has 0 rings (SSSR count). The number of hydrogen-bond acceptors (Lipinski definition) is 3. The first kappa shape index (κ1) is 17.9. The second kappa shape index (κ2) is 9.78. The molecule has 5 nitrogen and oxygen atoms in total. The average Bonchev–Trinajstić information content (AvgIpc) is 2.39. The molecule has 19 heavy (non-hydrogen) atoms. The van der Waals surface area contributed by atoms with Gasteiger partial charge in [0.2, 0.25) is 11.8 Å². The molecule has 0 unspecified atom stereocenters. The molecule has 0 heterocycles. The Labute approximate surface area is 117 Å². The summed E-state index contributed by atoms with van der Waals surface area (Å²) in [5.41, 5.74) is 5.40. The van der Waals surface area contributed by atoms with E-state index in [9.17, 15) is 9.59 Å². The third-order valence-electron chi connectivity index (χ3n) is 3.35. The largest absolute Gasteiger partial charge is 0.345 e. The molecule has 112 valence electrons. The number of rotatable bonds is 9. The lowest BCUT2D eigenvalue weighted by molar-refractivity contribution is -0.133. The van der Waals surface area contributed by atoms with E-state index in [0.717, 1.165) is 19.3 Å². The van der Waals surface area contributed by atoms with Crippen LogP contribution in [0.2, 0.25) is 0 Å². The molecule has 0 radical (unpaired) electrons. The highest BCUT2D eigenvalue weighted by molar-refractivity contribution is 5.79. The van der Waals surface area contributed by atoms with E-state index in [4.69, 9.17) is 5.73 Å². The Bertz CT molecular complexity index is 280. The van der Waals surface area contributed by atoms with Crippen LogP contribution in [-0.2, 0) is 9.59 Å². The molecule has 0 aliphatic carbocycles. The molecule has 0 aromatic heterocycles. The summed E-state index contributed by atoms with van der Waals surface area (Å²) in [6, 6.07) is 0.199. The fourth-order valence-corrected chi connectivity index (χ4v) is 1.64. The standard InChI is InChI=1S/C14H29N3O2/c1-12(2)17(4)14(19)9-11-16(3)13(18)8-6-5-7-10-15/h12H,5-11,15H2,1-4H3. The molecule has 5 heteroatoms. The summed E-state index contributed by atoms with van der Waals surface area (Å²) in [6.07, 6.45) is 3.77. The van der Waals surface area contributed by atoms with Crippen LogP contribution < -0.4 is 5.73 Å². The lowest BCUT2D eigenvalue weighted by Gasteiger charge is -2.23. The van der Waals surface area contributed by atoms with Crippen molar-refractivity contribution in [3.05, 3.63) is 0 Å². The van der Waals surface area contributed by atoms with Gasteiger partial charge in [0.05, 0.1) is 0 Å². The zero-order valence-corrected chi connectivity index (χ0v) is 12.8. The zero-order chi connectivity index (χ0) is 14.8. The van der Waals surface area contributed by atoms with Gasteiger partial charge in [0, 0.05) is 39.5 Å². The van der Waals surface area contributed by atoms with Crippen LogP contribution >= 0.6 is 0 Å². The summed E-state index contributed by atoms with van der Waals surface area (Å²) < 4.78 is 0. The molecule has 0 aromatic rings. The molecule has 2 N–H and O–H groups in total. The predicted octanol–water partition coefficient (Wildman–Crippen LogP) is 1.22. The second-order valence-corrected chi connectivity index (χ2v) is 5.26. The van der Waals surface area contributed by atoms with Gasteiger partial charge in [-0.3, -0.25) is 9.59 Å². The highest BCUT2D eigenvalue weighted by Gasteiger charge is 2.14. The van der Waals surface area contributed by atoms with Crippen molar-refractivity contribution in [2.24, 2.45) is 5.73 Å².